The van der Waals surface area contributed by atoms with Gasteiger partial charge in [0.05, 0.1) is 0 Å². The fourth-order valence-electron chi connectivity index (χ4n) is 1.59. The Morgan fingerprint density at radius 2 is 2.05 bits per heavy atom. The number of nitrogens with one attached hydrogen (secondary N) is 1. The molecule has 0 unspecified atom stereocenters. The van der Waals surface area contributed by atoms with Crippen LogP contribution in [0.2, 0.25) is 0 Å². The summed E-state index contributed by atoms with van der Waals surface area (Å²) in [5.74, 6) is 0.714. The average Bonchev–Trinajstić information content (AvgIpc) is 2.84. The number of anilines is 1. The normalized spacial score (nSPS) is 10.9. The maximum atomic E-state index is 12.8. The standard InChI is InChI=1S/C14H16FN3OS2/c1-9(2)7-12(19)16-13-17-18-14(21-13)20-8-10-3-5-11(15)6-4-10/h3-6,9H,7-8H2,1-2H3,(H,16,17,19). The molecule has 2 rings (SSSR count). The van der Waals surface area contributed by atoms with E-state index in [-0.39, 0.29) is 11.7 Å². The predicted molar refractivity (Wildman–Crippen MR) is 84.0 cm³/mol. The van der Waals surface area contributed by atoms with Crippen LogP contribution in [0.3, 0.4) is 0 Å². The second kappa shape index (κ2) is 7.51. The Balaban J connectivity index is 1.85. The number of amides is 1. The Kier molecular flexibility index (Phi) is 5.69. The van der Waals surface area contributed by atoms with Gasteiger partial charge in [0.1, 0.15) is 5.82 Å². The van der Waals surface area contributed by atoms with Gasteiger partial charge in [-0.15, -0.1) is 10.2 Å². The van der Waals surface area contributed by atoms with E-state index in [0.29, 0.717) is 23.2 Å². The van der Waals surface area contributed by atoms with E-state index in [1.165, 1.54) is 35.2 Å². The van der Waals surface area contributed by atoms with Crippen LogP contribution in [0.25, 0.3) is 0 Å². The van der Waals surface area contributed by atoms with Crippen molar-refractivity contribution in [2.24, 2.45) is 5.92 Å². The Labute approximate surface area is 131 Å². The first-order valence-corrected chi connectivity index (χ1v) is 8.33. The van der Waals surface area contributed by atoms with Gasteiger partial charge in [0, 0.05) is 12.2 Å². The lowest BCUT2D eigenvalue weighted by atomic mass is 10.1. The maximum absolute atomic E-state index is 12.8. The molecule has 0 aliphatic rings. The molecule has 21 heavy (non-hydrogen) atoms. The Morgan fingerprint density at radius 3 is 2.71 bits per heavy atom. The highest BCUT2D eigenvalue weighted by atomic mass is 32.2. The molecule has 0 bridgehead atoms. The molecule has 0 fully saturated rings. The topological polar surface area (TPSA) is 54.9 Å². The van der Waals surface area contributed by atoms with Gasteiger partial charge in [0.25, 0.3) is 0 Å². The summed E-state index contributed by atoms with van der Waals surface area (Å²) >= 11 is 2.86. The van der Waals surface area contributed by atoms with Crippen molar-refractivity contribution in [2.75, 3.05) is 5.32 Å². The zero-order valence-electron chi connectivity index (χ0n) is 11.8. The monoisotopic (exact) mass is 325 g/mol. The lowest BCUT2D eigenvalue weighted by Gasteiger charge is -2.02. The van der Waals surface area contributed by atoms with Gasteiger partial charge >= 0.3 is 0 Å². The number of benzene rings is 1. The number of halogens is 1. The van der Waals surface area contributed by atoms with Crippen LogP contribution in [0.5, 0.6) is 0 Å². The van der Waals surface area contributed by atoms with Gasteiger partial charge in [-0.1, -0.05) is 49.1 Å². The van der Waals surface area contributed by atoms with Crippen LogP contribution in [-0.2, 0) is 10.5 Å². The number of carbonyl (C=O) groups excluding carboxylic acids is 1. The number of hydrogen-bond acceptors (Lipinski definition) is 5. The molecule has 4 nitrogen and oxygen atoms in total. The van der Waals surface area contributed by atoms with Crippen molar-refractivity contribution in [2.45, 2.75) is 30.4 Å². The number of carbonyl (C=O) groups is 1. The minimum atomic E-state index is -0.241. The molecule has 1 aromatic carbocycles. The third-order valence-corrected chi connectivity index (χ3v) is 4.57. The minimum Gasteiger partial charge on any atom is -0.300 e. The van der Waals surface area contributed by atoms with Crippen molar-refractivity contribution in [3.63, 3.8) is 0 Å². The molecule has 0 aliphatic carbocycles. The molecule has 112 valence electrons. The zero-order chi connectivity index (χ0) is 15.2. The fourth-order valence-corrected chi connectivity index (χ4v) is 3.31. The molecule has 0 atom stereocenters. The number of hydrogen-bond donors (Lipinski definition) is 1. The smallest absolute Gasteiger partial charge is 0.226 e. The molecule has 0 aliphatic heterocycles. The van der Waals surface area contributed by atoms with Crippen molar-refractivity contribution in [3.05, 3.63) is 35.6 Å². The van der Waals surface area contributed by atoms with Crippen molar-refractivity contribution < 1.29 is 9.18 Å². The second-order valence-corrected chi connectivity index (χ2v) is 7.13. The molecule has 0 saturated carbocycles. The highest BCUT2D eigenvalue weighted by Crippen LogP contribution is 2.28. The molecule has 0 saturated heterocycles. The molecular formula is C14H16FN3OS2. The quantitative estimate of drug-likeness (QED) is 0.645. The van der Waals surface area contributed by atoms with Gasteiger partial charge in [0.15, 0.2) is 4.34 Å². The van der Waals surface area contributed by atoms with E-state index < -0.39 is 0 Å². The van der Waals surface area contributed by atoms with Crippen LogP contribution in [0.4, 0.5) is 9.52 Å². The van der Waals surface area contributed by atoms with E-state index >= 15 is 0 Å². The van der Waals surface area contributed by atoms with Crippen molar-refractivity contribution >= 4 is 34.1 Å². The van der Waals surface area contributed by atoms with Gasteiger partial charge in [-0.25, -0.2) is 4.39 Å². The van der Waals surface area contributed by atoms with Gasteiger partial charge < -0.3 is 5.32 Å². The van der Waals surface area contributed by atoms with Crippen molar-refractivity contribution in [1.29, 1.82) is 0 Å². The SMILES string of the molecule is CC(C)CC(=O)Nc1nnc(SCc2ccc(F)cc2)s1. The third kappa shape index (κ3) is 5.43. The number of thioether (sulfide) groups is 1. The Morgan fingerprint density at radius 1 is 1.33 bits per heavy atom. The van der Waals surface area contributed by atoms with Gasteiger partial charge in [-0.2, -0.15) is 0 Å². The summed E-state index contributed by atoms with van der Waals surface area (Å²) in [7, 11) is 0. The van der Waals surface area contributed by atoms with Crippen molar-refractivity contribution in [3.8, 4) is 0 Å². The molecule has 0 radical (unpaired) electrons. The van der Waals surface area contributed by atoms with Crippen LogP contribution < -0.4 is 5.32 Å². The van der Waals surface area contributed by atoms with E-state index in [4.69, 9.17) is 0 Å². The fraction of sp³-hybridized carbons (Fsp3) is 0.357. The van der Waals surface area contributed by atoms with Gasteiger partial charge in [0.2, 0.25) is 11.0 Å². The Hall–Kier alpha value is -1.47. The molecule has 1 heterocycles. The van der Waals surface area contributed by atoms with Gasteiger partial charge in [-0.05, 0) is 23.6 Å². The van der Waals surface area contributed by atoms with E-state index in [1.807, 2.05) is 13.8 Å². The first-order valence-electron chi connectivity index (χ1n) is 6.53. The van der Waals surface area contributed by atoms with Crippen LogP contribution in [0.1, 0.15) is 25.8 Å². The second-order valence-electron chi connectivity index (χ2n) is 4.93. The van der Waals surface area contributed by atoms with E-state index in [2.05, 4.69) is 15.5 Å². The molecule has 2 aromatic rings. The predicted octanol–water partition coefficient (Wildman–Crippen LogP) is 3.95. The van der Waals surface area contributed by atoms with E-state index in [1.54, 1.807) is 12.1 Å². The summed E-state index contributed by atoms with van der Waals surface area (Å²) < 4.78 is 13.6. The lowest BCUT2D eigenvalue weighted by Crippen LogP contribution is -2.13. The number of aromatic nitrogens is 2. The van der Waals surface area contributed by atoms with Crippen molar-refractivity contribution in [1.82, 2.24) is 10.2 Å². The number of nitrogens with zero attached hydrogens (tertiary/aromatic N) is 2. The van der Waals surface area contributed by atoms with E-state index in [0.717, 1.165) is 9.90 Å². The third-order valence-electron chi connectivity index (χ3n) is 2.52. The molecule has 1 N–H and O–H groups in total. The molecular weight excluding hydrogens is 309 g/mol. The van der Waals surface area contributed by atoms with Gasteiger partial charge in [-0.3, -0.25) is 4.79 Å². The first-order chi connectivity index (χ1) is 10.0. The highest BCUT2D eigenvalue weighted by molar-refractivity contribution is 8.00. The largest absolute Gasteiger partial charge is 0.300 e. The summed E-state index contributed by atoms with van der Waals surface area (Å²) in [4.78, 5) is 11.6. The summed E-state index contributed by atoms with van der Waals surface area (Å²) in [6.07, 6.45) is 0.470. The number of rotatable bonds is 6. The first kappa shape index (κ1) is 15.9. The average molecular weight is 325 g/mol. The lowest BCUT2D eigenvalue weighted by molar-refractivity contribution is -0.116. The molecule has 0 spiro atoms. The van der Waals surface area contributed by atoms with E-state index in [9.17, 15) is 9.18 Å². The molecule has 1 amide bonds. The Bertz CT molecular complexity index is 599. The van der Waals surface area contributed by atoms with Crippen LogP contribution >= 0.6 is 23.1 Å². The summed E-state index contributed by atoms with van der Waals surface area (Å²) in [5.41, 5.74) is 1.02. The molecule has 1 aromatic heterocycles. The molecule has 7 heteroatoms. The summed E-state index contributed by atoms with van der Waals surface area (Å²) in [5, 5.41) is 11.2. The van der Waals surface area contributed by atoms with Crippen LogP contribution in [-0.4, -0.2) is 16.1 Å². The zero-order valence-corrected chi connectivity index (χ0v) is 13.4. The summed E-state index contributed by atoms with van der Waals surface area (Å²) in [6, 6.07) is 6.37. The summed E-state index contributed by atoms with van der Waals surface area (Å²) in [6.45, 7) is 3.98. The van der Waals surface area contributed by atoms with Crippen LogP contribution in [0, 0.1) is 11.7 Å². The van der Waals surface area contributed by atoms with Crippen LogP contribution in [0.15, 0.2) is 28.6 Å². The highest BCUT2D eigenvalue weighted by Gasteiger charge is 2.10. The maximum Gasteiger partial charge on any atom is 0.226 e. The minimum absolute atomic E-state index is 0.0452.